The highest BCUT2D eigenvalue weighted by Gasteiger charge is 2.23. The molecule has 2 aliphatic rings. The lowest BCUT2D eigenvalue weighted by molar-refractivity contribution is 0.136. The summed E-state index contributed by atoms with van der Waals surface area (Å²) in [4.78, 5) is 0. The second-order valence-electron chi connectivity index (χ2n) is 4.84. The largest absolute Gasteiger partial charge is 0.488 e. The zero-order valence-electron chi connectivity index (χ0n) is 9.89. The van der Waals surface area contributed by atoms with E-state index >= 15 is 0 Å². The van der Waals surface area contributed by atoms with Crippen molar-refractivity contribution < 1.29 is 14.6 Å². The van der Waals surface area contributed by atoms with Crippen molar-refractivity contribution in [2.24, 2.45) is 0 Å². The van der Waals surface area contributed by atoms with Crippen LogP contribution in [-0.2, 0) is 11.2 Å². The third kappa shape index (κ3) is 2.17. The van der Waals surface area contributed by atoms with Crippen LogP contribution in [0.5, 0.6) is 5.75 Å². The summed E-state index contributed by atoms with van der Waals surface area (Å²) in [5.41, 5.74) is 2.24. The van der Waals surface area contributed by atoms with Gasteiger partial charge in [-0.05, 0) is 36.5 Å². The van der Waals surface area contributed by atoms with Crippen molar-refractivity contribution in [3.63, 3.8) is 0 Å². The molecule has 0 bridgehead atoms. The number of hydrogen-bond donors (Lipinski definition) is 1. The van der Waals surface area contributed by atoms with Gasteiger partial charge in [0.1, 0.15) is 11.9 Å². The third-order valence-electron chi connectivity index (χ3n) is 3.61. The molecular weight excluding hydrogens is 216 g/mol. The van der Waals surface area contributed by atoms with Crippen molar-refractivity contribution in [1.82, 2.24) is 0 Å². The highest BCUT2D eigenvalue weighted by molar-refractivity contribution is 5.43. The number of rotatable bonds is 2. The Morgan fingerprint density at radius 2 is 2.24 bits per heavy atom. The summed E-state index contributed by atoms with van der Waals surface area (Å²) in [5, 5.41) is 9.97. The van der Waals surface area contributed by atoms with Crippen molar-refractivity contribution in [2.45, 2.75) is 37.9 Å². The van der Waals surface area contributed by atoms with Gasteiger partial charge in [0, 0.05) is 6.42 Å². The van der Waals surface area contributed by atoms with E-state index < -0.39 is 0 Å². The van der Waals surface area contributed by atoms with E-state index in [0.717, 1.165) is 43.6 Å². The van der Waals surface area contributed by atoms with Gasteiger partial charge in [-0.2, -0.15) is 0 Å². The molecule has 0 amide bonds. The minimum absolute atomic E-state index is 0.181. The molecule has 1 N–H and O–H groups in total. The molecule has 3 nitrogen and oxygen atoms in total. The predicted molar refractivity (Wildman–Crippen MR) is 64.2 cm³/mol. The Balaban J connectivity index is 1.86. The van der Waals surface area contributed by atoms with Crippen LogP contribution in [0.4, 0.5) is 0 Å². The molecule has 92 valence electrons. The molecule has 2 atom stereocenters. The van der Waals surface area contributed by atoms with Gasteiger partial charge in [-0.1, -0.05) is 12.1 Å². The molecule has 1 saturated heterocycles. The van der Waals surface area contributed by atoms with Crippen LogP contribution < -0.4 is 4.74 Å². The van der Waals surface area contributed by atoms with Gasteiger partial charge >= 0.3 is 0 Å². The first-order valence-electron chi connectivity index (χ1n) is 6.39. The van der Waals surface area contributed by atoms with E-state index in [2.05, 4.69) is 0 Å². The molecule has 0 spiro atoms. The minimum atomic E-state index is -0.317. The summed E-state index contributed by atoms with van der Waals surface area (Å²) in [7, 11) is 0. The van der Waals surface area contributed by atoms with Crippen LogP contribution in [-0.4, -0.2) is 24.4 Å². The zero-order chi connectivity index (χ0) is 11.7. The Bertz CT molecular complexity index is 396. The molecule has 1 heterocycles. The van der Waals surface area contributed by atoms with Crippen molar-refractivity contribution in [2.75, 3.05) is 13.2 Å². The Kier molecular flexibility index (Phi) is 3.04. The molecule has 0 saturated carbocycles. The van der Waals surface area contributed by atoms with E-state index in [1.165, 1.54) is 5.56 Å². The average molecular weight is 234 g/mol. The van der Waals surface area contributed by atoms with Crippen LogP contribution >= 0.6 is 0 Å². The summed E-state index contributed by atoms with van der Waals surface area (Å²) >= 11 is 0. The predicted octanol–water partition coefficient (Wildman–Crippen LogP) is 2.22. The van der Waals surface area contributed by atoms with Crippen molar-refractivity contribution in [1.29, 1.82) is 0 Å². The van der Waals surface area contributed by atoms with Crippen molar-refractivity contribution >= 4 is 0 Å². The highest BCUT2D eigenvalue weighted by Crippen LogP contribution is 2.35. The van der Waals surface area contributed by atoms with Gasteiger partial charge < -0.3 is 14.6 Å². The Morgan fingerprint density at radius 3 is 3.06 bits per heavy atom. The van der Waals surface area contributed by atoms with E-state index in [0.29, 0.717) is 6.61 Å². The van der Waals surface area contributed by atoms with E-state index in [1.807, 2.05) is 18.2 Å². The smallest absolute Gasteiger partial charge is 0.124 e. The molecule has 3 rings (SSSR count). The van der Waals surface area contributed by atoms with Gasteiger partial charge in [0.2, 0.25) is 0 Å². The molecule has 2 unspecified atom stereocenters. The first kappa shape index (κ1) is 11.1. The van der Waals surface area contributed by atoms with Gasteiger partial charge in [-0.3, -0.25) is 0 Å². The Hall–Kier alpha value is -1.06. The van der Waals surface area contributed by atoms with Gasteiger partial charge in [0.15, 0.2) is 0 Å². The molecule has 1 aliphatic heterocycles. The lowest BCUT2D eigenvalue weighted by Crippen LogP contribution is -2.18. The van der Waals surface area contributed by atoms with Crippen LogP contribution in [0.25, 0.3) is 0 Å². The fraction of sp³-hybridized carbons (Fsp3) is 0.571. The number of benzene rings is 1. The van der Waals surface area contributed by atoms with Gasteiger partial charge in [0.25, 0.3) is 0 Å². The second kappa shape index (κ2) is 4.67. The molecule has 3 heteroatoms. The maximum absolute atomic E-state index is 9.97. The summed E-state index contributed by atoms with van der Waals surface area (Å²) < 4.78 is 11.3. The lowest BCUT2D eigenvalue weighted by atomic mass is 9.89. The number of hydrogen-bond acceptors (Lipinski definition) is 3. The quantitative estimate of drug-likeness (QED) is 0.852. The van der Waals surface area contributed by atoms with E-state index in [9.17, 15) is 5.11 Å². The van der Waals surface area contributed by atoms with Gasteiger partial charge in [-0.25, -0.2) is 0 Å². The maximum Gasteiger partial charge on any atom is 0.124 e. The molecular formula is C14H18O3. The SMILES string of the molecule is OC1CCCc2c(OC3CCOC3)cccc21. The van der Waals surface area contributed by atoms with E-state index in [4.69, 9.17) is 9.47 Å². The average Bonchev–Trinajstić information content (AvgIpc) is 2.83. The molecule has 0 aromatic heterocycles. The number of ether oxygens (including phenoxy) is 2. The standard InChI is InChI=1S/C14H18O3/c15-13-5-1-4-12-11(13)3-2-6-14(12)17-10-7-8-16-9-10/h2-3,6,10,13,15H,1,4-5,7-9H2. The normalized spacial score (nSPS) is 27.8. The van der Waals surface area contributed by atoms with Crippen molar-refractivity contribution in [3.8, 4) is 5.75 Å². The second-order valence-corrected chi connectivity index (χ2v) is 4.84. The molecule has 1 aromatic rings. The summed E-state index contributed by atoms with van der Waals surface area (Å²) in [6, 6.07) is 5.99. The molecule has 1 fully saturated rings. The third-order valence-corrected chi connectivity index (χ3v) is 3.61. The topological polar surface area (TPSA) is 38.7 Å². The number of fused-ring (bicyclic) bond motifs is 1. The van der Waals surface area contributed by atoms with E-state index in [-0.39, 0.29) is 12.2 Å². The fourth-order valence-electron chi connectivity index (χ4n) is 2.69. The minimum Gasteiger partial charge on any atom is -0.488 e. The highest BCUT2D eigenvalue weighted by atomic mass is 16.5. The molecule has 1 aromatic carbocycles. The van der Waals surface area contributed by atoms with Gasteiger partial charge in [0.05, 0.1) is 19.3 Å². The summed E-state index contributed by atoms with van der Waals surface area (Å²) in [6.07, 6.45) is 3.74. The zero-order valence-corrected chi connectivity index (χ0v) is 9.89. The van der Waals surface area contributed by atoms with Crippen molar-refractivity contribution in [3.05, 3.63) is 29.3 Å². The Labute approximate surface area is 101 Å². The van der Waals surface area contributed by atoms with Crippen LogP contribution in [0.15, 0.2) is 18.2 Å². The van der Waals surface area contributed by atoms with Crippen LogP contribution in [0.1, 0.15) is 36.5 Å². The van der Waals surface area contributed by atoms with Crippen LogP contribution in [0.2, 0.25) is 0 Å². The molecule has 0 radical (unpaired) electrons. The summed E-state index contributed by atoms with van der Waals surface area (Å²) in [6.45, 7) is 1.48. The molecule has 17 heavy (non-hydrogen) atoms. The maximum atomic E-state index is 9.97. The first-order chi connectivity index (χ1) is 8.34. The van der Waals surface area contributed by atoms with E-state index in [1.54, 1.807) is 0 Å². The van der Waals surface area contributed by atoms with Gasteiger partial charge in [-0.15, -0.1) is 0 Å². The first-order valence-corrected chi connectivity index (χ1v) is 6.39. The van der Waals surface area contributed by atoms with Crippen LogP contribution in [0.3, 0.4) is 0 Å². The fourth-order valence-corrected chi connectivity index (χ4v) is 2.69. The summed E-state index contributed by atoms with van der Waals surface area (Å²) in [5.74, 6) is 0.941. The Morgan fingerprint density at radius 1 is 1.29 bits per heavy atom. The number of aliphatic hydroxyl groups excluding tert-OH is 1. The molecule has 1 aliphatic carbocycles. The van der Waals surface area contributed by atoms with Crippen LogP contribution in [0, 0.1) is 0 Å². The lowest BCUT2D eigenvalue weighted by Gasteiger charge is -2.24. The number of aliphatic hydroxyl groups is 1. The monoisotopic (exact) mass is 234 g/mol.